The SMILES string of the molecule is CCCCC[N+]1=C(/C=C/C2=C(C(C)C)C(=C/C=C3/N(CCCCS(=O)(=O)O)c4ccc5ccccc5c4C3(C)C)/CCC2)C(C)(C)c2c1ccc1ccccc21. The molecule has 6 heteroatoms. The summed E-state index contributed by atoms with van der Waals surface area (Å²) in [5, 5.41) is 5.14. The third kappa shape index (κ3) is 7.59. The van der Waals surface area contributed by atoms with Crippen LogP contribution in [-0.2, 0) is 20.9 Å². The first-order valence-electron chi connectivity index (χ1n) is 21.0. The fourth-order valence-electron chi connectivity index (χ4n) is 10.0. The van der Waals surface area contributed by atoms with Gasteiger partial charge < -0.3 is 4.90 Å². The maximum Gasteiger partial charge on any atom is 0.264 e. The van der Waals surface area contributed by atoms with Crippen LogP contribution < -0.4 is 4.90 Å². The summed E-state index contributed by atoms with van der Waals surface area (Å²) in [5.41, 5.74) is 11.8. The lowest BCUT2D eigenvalue weighted by Crippen LogP contribution is -2.28. The van der Waals surface area contributed by atoms with E-state index in [0.717, 1.165) is 25.8 Å². The molecule has 56 heavy (non-hydrogen) atoms. The molecule has 0 aromatic heterocycles. The molecule has 294 valence electrons. The molecule has 4 aromatic carbocycles. The van der Waals surface area contributed by atoms with Crippen LogP contribution in [0.1, 0.15) is 111 Å². The summed E-state index contributed by atoms with van der Waals surface area (Å²) in [6.07, 6.45) is 17.6. The Balaban J connectivity index is 1.28. The highest BCUT2D eigenvalue weighted by Crippen LogP contribution is 2.51. The fraction of sp³-hybridized carbons (Fsp3) is 0.420. The van der Waals surface area contributed by atoms with Gasteiger partial charge in [0.05, 0.1) is 11.2 Å². The summed E-state index contributed by atoms with van der Waals surface area (Å²) >= 11 is 0. The second-order valence-electron chi connectivity index (χ2n) is 17.5. The molecule has 0 amide bonds. The molecule has 2 aliphatic heterocycles. The molecule has 1 N–H and O–H groups in total. The first-order valence-corrected chi connectivity index (χ1v) is 22.6. The summed E-state index contributed by atoms with van der Waals surface area (Å²) in [6.45, 7) is 18.1. The molecule has 3 aliphatic rings. The number of allylic oxidation sites excluding steroid dienone is 8. The minimum atomic E-state index is -4.00. The van der Waals surface area contributed by atoms with Gasteiger partial charge in [-0.15, -0.1) is 0 Å². The van der Waals surface area contributed by atoms with Gasteiger partial charge in [0.1, 0.15) is 6.54 Å². The van der Waals surface area contributed by atoms with Gasteiger partial charge in [-0.25, -0.2) is 0 Å². The molecular weight excluding hydrogens is 709 g/mol. The van der Waals surface area contributed by atoms with Crippen molar-refractivity contribution in [3.8, 4) is 0 Å². The first kappa shape index (κ1) is 40.0. The van der Waals surface area contributed by atoms with Crippen molar-refractivity contribution in [3.63, 3.8) is 0 Å². The molecule has 0 bridgehead atoms. The van der Waals surface area contributed by atoms with Crippen LogP contribution in [0.15, 0.2) is 120 Å². The quantitative estimate of drug-likeness (QED) is 0.0836. The van der Waals surface area contributed by atoms with Gasteiger partial charge in [-0.2, -0.15) is 13.0 Å². The molecule has 5 nitrogen and oxygen atoms in total. The molecule has 0 unspecified atom stereocenters. The Kier molecular flexibility index (Phi) is 11.4. The molecule has 0 radical (unpaired) electrons. The van der Waals surface area contributed by atoms with E-state index in [2.05, 4.69) is 155 Å². The topological polar surface area (TPSA) is 60.6 Å². The van der Waals surface area contributed by atoms with Crippen LogP contribution in [0.3, 0.4) is 0 Å². The maximum atomic E-state index is 11.6. The van der Waals surface area contributed by atoms with Crippen molar-refractivity contribution in [2.45, 2.75) is 111 Å². The highest BCUT2D eigenvalue weighted by Gasteiger charge is 2.45. The lowest BCUT2D eigenvalue weighted by molar-refractivity contribution is -0.438. The molecule has 0 saturated heterocycles. The zero-order chi connectivity index (χ0) is 39.8. The number of rotatable bonds is 13. The molecule has 1 aliphatic carbocycles. The minimum Gasteiger partial charge on any atom is -0.344 e. The minimum absolute atomic E-state index is 0.132. The first-order chi connectivity index (χ1) is 26.7. The summed E-state index contributed by atoms with van der Waals surface area (Å²) in [5.74, 6) is 0.156. The van der Waals surface area contributed by atoms with Gasteiger partial charge in [-0.05, 0) is 120 Å². The van der Waals surface area contributed by atoms with Crippen LogP contribution in [0.2, 0.25) is 0 Å². The third-order valence-electron chi connectivity index (χ3n) is 12.6. The van der Waals surface area contributed by atoms with Crippen molar-refractivity contribution >= 4 is 48.7 Å². The van der Waals surface area contributed by atoms with Crippen molar-refractivity contribution in [2.24, 2.45) is 5.92 Å². The number of anilines is 1. The standard InChI is InChI=1S/C50H60N2O3S/c1-8-9-14-32-51-42-28-24-36-18-10-12-22-40(36)47(42)49(4,5)44(51)30-26-38-20-17-21-39(46(38)35(2)3)27-31-45-50(6,7)48-41-23-13-11-19-37(41)25-29-43(48)52(45)33-15-16-34-56(53,54)55/h10-13,18-19,22-31,35H,8-9,14-17,20-21,32-34H2,1-7H3/p+1. The Labute approximate surface area is 336 Å². The molecule has 4 aromatic rings. The monoisotopic (exact) mass is 769 g/mol. The Hall–Kier alpha value is -4.26. The van der Waals surface area contributed by atoms with E-state index in [1.54, 1.807) is 0 Å². The van der Waals surface area contributed by atoms with Gasteiger partial charge >= 0.3 is 0 Å². The van der Waals surface area contributed by atoms with E-state index in [9.17, 15) is 13.0 Å². The largest absolute Gasteiger partial charge is 0.344 e. The lowest BCUT2D eigenvalue weighted by atomic mass is 9.77. The van der Waals surface area contributed by atoms with E-state index in [1.165, 1.54) is 91.4 Å². The molecule has 2 heterocycles. The highest BCUT2D eigenvalue weighted by molar-refractivity contribution is 7.85. The van der Waals surface area contributed by atoms with Gasteiger partial charge in [0.2, 0.25) is 5.69 Å². The second kappa shape index (κ2) is 15.9. The number of benzene rings is 4. The lowest BCUT2D eigenvalue weighted by Gasteiger charge is -2.28. The Morgan fingerprint density at radius 2 is 1.46 bits per heavy atom. The average molecular weight is 770 g/mol. The van der Waals surface area contributed by atoms with E-state index in [1.807, 2.05) is 0 Å². The maximum absolute atomic E-state index is 11.6. The van der Waals surface area contributed by atoms with Crippen LogP contribution >= 0.6 is 0 Å². The number of hydrogen-bond acceptors (Lipinski definition) is 3. The molecule has 0 atom stereocenters. The van der Waals surface area contributed by atoms with Crippen LogP contribution in [0.5, 0.6) is 0 Å². The summed E-state index contributed by atoms with van der Waals surface area (Å²) < 4.78 is 35.2. The molecule has 0 spiro atoms. The number of unbranched alkanes of at least 4 members (excludes halogenated alkanes) is 3. The Morgan fingerprint density at radius 3 is 2.14 bits per heavy atom. The number of hydrogen-bond donors (Lipinski definition) is 1. The summed E-state index contributed by atoms with van der Waals surface area (Å²) in [4.78, 5) is 2.40. The van der Waals surface area contributed by atoms with Crippen molar-refractivity contribution in [3.05, 3.63) is 131 Å². The zero-order valence-electron chi connectivity index (χ0n) is 34.7. The Morgan fingerprint density at radius 1 is 0.786 bits per heavy atom. The normalized spacial score (nSPS) is 19.5. The van der Waals surface area contributed by atoms with Gasteiger partial charge in [0.25, 0.3) is 10.1 Å². The molecular formula is C50H61N2O3S+. The predicted molar refractivity (Wildman–Crippen MR) is 237 cm³/mol. The molecule has 0 saturated carbocycles. The number of nitrogens with zero attached hydrogens (tertiary/aromatic N) is 2. The van der Waals surface area contributed by atoms with Crippen molar-refractivity contribution < 1.29 is 17.5 Å². The molecule has 0 fully saturated rings. The van der Waals surface area contributed by atoms with E-state index in [4.69, 9.17) is 0 Å². The van der Waals surface area contributed by atoms with E-state index < -0.39 is 10.1 Å². The van der Waals surface area contributed by atoms with Gasteiger partial charge in [0, 0.05) is 47.5 Å². The van der Waals surface area contributed by atoms with E-state index in [0.29, 0.717) is 25.3 Å². The zero-order valence-corrected chi connectivity index (χ0v) is 35.5. The molecule has 7 rings (SSSR count). The highest BCUT2D eigenvalue weighted by atomic mass is 32.2. The predicted octanol–water partition coefficient (Wildman–Crippen LogP) is 12.5. The number of fused-ring (bicyclic) bond motifs is 6. The summed E-state index contributed by atoms with van der Waals surface area (Å²) in [7, 11) is -4.00. The average Bonchev–Trinajstić information content (AvgIpc) is 3.52. The van der Waals surface area contributed by atoms with Crippen LogP contribution in [-0.4, -0.2) is 42.1 Å². The summed E-state index contributed by atoms with van der Waals surface area (Å²) in [6, 6.07) is 26.5. The van der Waals surface area contributed by atoms with E-state index in [-0.39, 0.29) is 16.6 Å². The van der Waals surface area contributed by atoms with Gasteiger partial charge in [-0.1, -0.05) is 108 Å². The van der Waals surface area contributed by atoms with Crippen LogP contribution in [0, 0.1) is 5.92 Å². The van der Waals surface area contributed by atoms with Crippen molar-refractivity contribution in [1.82, 2.24) is 0 Å². The van der Waals surface area contributed by atoms with Gasteiger partial charge in [0.15, 0.2) is 5.71 Å². The fourth-order valence-corrected chi connectivity index (χ4v) is 10.6. The van der Waals surface area contributed by atoms with Gasteiger partial charge in [-0.3, -0.25) is 4.55 Å². The Bertz CT molecular complexity index is 2420. The van der Waals surface area contributed by atoms with E-state index >= 15 is 0 Å². The smallest absolute Gasteiger partial charge is 0.264 e. The second-order valence-corrected chi connectivity index (χ2v) is 19.1. The van der Waals surface area contributed by atoms with Crippen LogP contribution in [0.4, 0.5) is 11.4 Å². The van der Waals surface area contributed by atoms with Crippen molar-refractivity contribution in [1.29, 1.82) is 0 Å². The third-order valence-corrected chi connectivity index (χ3v) is 13.4. The van der Waals surface area contributed by atoms with Crippen molar-refractivity contribution in [2.75, 3.05) is 23.7 Å². The van der Waals surface area contributed by atoms with Crippen LogP contribution in [0.25, 0.3) is 21.5 Å².